The normalized spacial score (nSPS) is 17.5. The van der Waals surface area contributed by atoms with Gasteiger partial charge in [0.15, 0.2) is 5.78 Å². The minimum Gasteiger partial charge on any atom is -0.340 e. The van der Waals surface area contributed by atoms with Crippen LogP contribution in [0.4, 0.5) is 5.95 Å². The third kappa shape index (κ3) is 3.14. The monoisotopic (exact) mass is 367 g/mol. The molecule has 3 aromatic heterocycles. The van der Waals surface area contributed by atoms with Crippen molar-refractivity contribution in [2.75, 3.05) is 18.0 Å². The minimum atomic E-state index is 0.00690. The van der Waals surface area contributed by atoms with Crippen molar-refractivity contribution in [3.8, 4) is 11.4 Å². The van der Waals surface area contributed by atoms with E-state index in [4.69, 9.17) is 4.98 Å². The number of ketones is 1. The second-order valence-corrected chi connectivity index (χ2v) is 7.62. The standard InChI is InChI=1S/C19H21N5OS/c1-13-11-20-19(22-17(13)15-7-8-21-23(15)2)24-9-3-5-14(12-24)18(25)16-6-4-10-26-16/h4,6-8,10-11,14H,3,5,9,12H2,1-2H3. The van der Waals surface area contributed by atoms with E-state index < -0.39 is 0 Å². The average molecular weight is 367 g/mol. The van der Waals surface area contributed by atoms with Crippen molar-refractivity contribution in [2.45, 2.75) is 19.8 Å². The fourth-order valence-corrected chi connectivity index (χ4v) is 4.19. The maximum absolute atomic E-state index is 12.7. The van der Waals surface area contributed by atoms with Crippen LogP contribution in [0.25, 0.3) is 11.4 Å². The van der Waals surface area contributed by atoms with Crippen molar-refractivity contribution in [2.24, 2.45) is 13.0 Å². The number of Topliss-reactive ketones (excluding diaryl/α,β-unsaturated/α-hetero) is 1. The first kappa shape index (κ1) is 16.9. The van der Waals surface area contributed by atoms with E-state index in [1.807, 2.05) is 48.4 Å². The predicted octanol–water partition coefficient (Wildman–Crippen LogP) is 3.35. The summed E-state index contributed by atoms with van der Waals surface area (Å²) in [4.78, 5) is 25.0. The molecule has 0 spiro atoms. The highest BCUT2D eigenvalue weighted by Crippen LogP contribution is 2.27. The zero-order chi connectivity index (χ0) is 18.1. The molecule has 0 aliphatic carbocycles. The first-order chi connectivity index (χ1) is 12.6. The van der Waals surface area contributed by atoms with Crippen LogP contribution in [0.15, 0.2) is 36.0 Å². The number of carbonyl (C=O) groups excluding carboxylic acids is 1. The number of hydrogen-bond acceptors (Lipinski definition) is 6. The number of aromatic nitrogens is 4. The van der Waals surface area contributed by atoms with Crippen LogP contribution in [0, 0.1) is 12.8 Å². The second kappa shape index (κ2) is 6.99. The molecule has 0 aromatic carbocycles. The van der Waals surface area contributed by atoms with Gasteiger partial charge in [-0.15, -0.1) is 11.3 Å². The summed E-state index contributed by atoms with van der Waals surface area (Å²) in [5.41, 5.74) is 2.87. The molecule has 4 rings (SSSR count). The van der Waals surface area contributed by atoms with Crippen molar-refractivity contribution >= 4 is 23.1 Å². The van der Waals surface area contributed by atoms with Gasteiger partial charge in [-0.2, -0.15) is 5.10 Å². The van der Waals surface area contributed by atoms with Gasteiger partial charge >= 0.3 is 0 Å². The molecule has 3 aromatic rings. The van der Waals surface area contributed by atoms with E-state index in [1.54, 1.807) is 6.20 Å². The van der Waals surface area contributed by atoms with Crippen LogP contribution in [0.5, 0.6) is 0 Å². The van der Waals surface area contributed by atoms with Crippen LogP contribution < -0.4 is 4.90 Å². The Morgan fingerprint density at radius 3 is 2.96 bits per heavy atom. The number of anilines is 1. The van der Waals surface area contributed by atoms with E-state index in [-0.39, 0.29) is 11.7 Å². The quantitative estimate of drug-likeness (QED) is 0.662. The van der Waals surface area contributed by atoms with Crippen LogP contribution in [0.3, 0.4) is 0 Å². The number of piperidine rings is 1. The van der Waals surface area contributed by atoms with Crippen LogP contribution >= 0.6 is 11.3 Å². The van der Waals surface area contributed by atoms with E-state index in [2.05, 4.69) is 15.0 Å². The molecule has 0 saturated carbocycles. The highest BCUT2D eigenvalue weighted by molar-refractivity contribution is 7.12. The van der Waals surface area contributed by atoms with Gasteiger partial charge in [-0.25, -0.2) is 9.97 Å². The van der Waals surface area contributed by atoms with Crippen molar-refractivity contribution in [3.05, 3.63) is 46.4 Å². The van der Waals surface area contributed by atoms with Gasteiger partial charge in [0, 0.05) is 38.4 Å². The van der Waals surface area contributed by atoms with Gasteiger partial charge in [-0.1, -0.05) is 6.07 Å². The zero-order valence-electron chi connectivity index (χ0n) is 14.9. The summed E-state index contributed by atoms with van der Waals surface area (Å²) in [5.74, 6) is 0.937. The van der Waals surface area contributed by atoms with Gasteiger partial charge in [-0.3, -0.25) is 9.48 Å². The van der Waals surface area contributed by atoms with E-state index in [0.29, 0.717) is 12.5 Å². The minimum absolute atomic E-state index is 0.00690. The van der Waals surface area contributed by atoms with Gasteiger partial charge < -0.3 is 4.90 Å². The summed E-state index contributed by atoms with van der Waals surface area (Å²) in [7, 11) is 1.91. The molecule has 1 unspecified atom stereocenters. The van der Waals surface area contributed by atoms with E-state index in [9.17, 15) is 4.79 Å². The number of aryl methyl sites for hydroxylation is 2. The molecule has 4 heterocycles. The molecule has 0 N–H and O–H groups in total. The lowest BCUT2D eigenvalue weighted by atomic mass is 9.93. The van der Waals surface area contributed by atoms with Crippen LogP contribution in [-0.4, -0.2) is 38.6 Å². The Hall–Kier alpha value is -2.54. The number of rotatable bonds is 4. The molecule has 0 bridgehead atoms. The van der Waals surface area contributed by atoms with Crippen LogP contribution in [0.2, 0.25) is 0 Å². The molecule has 7 heteroatoms. The predicted molar refractivity (Wildman–Crippen MR) is 103 cm³/mol. The Bertz CT molecular complexity index is 918. The van der Waals surface area contributed by atoms with Crippen molar-refractivity contribution in [1.82, 2.24) is 19.7 Å². The lowest BCUT2D eigenvalue weighted by Crippen LogP contribution is -2.39. The van der Waals surface area contributed by atoms with E-state index in [0.717, 1.165) is 41.2 Å². The fourth-order valence-electron chi connectivity index (χ4n) is 3.44. The number of hydrogen-bond donors (Lipinski definition) is 0. The van der Waals surface area contributed by atoms with E-state index >= 15 is 0 Å². The zero-order valence-corrected chi connectivity index (χ0v) is 15.7. The van der Waals surface area contributed by atoms with Gasteiger partial charge in [-0.05, 0) is 42.8 Å². The molecule has 134 valence electrons. The molecular weight excluding hydrogens is 346 g/mol. The molecule has 1 aliphatic heterocycles. The summed E-state index contributed by atoms with van der Waals surface area (Å²) < 4.78 is 1.82. The molecule has 26 heavy (non-hydrogen) atoms. The highest BCUT2D eigenvalue weighted by atomic mass is 32.1. The third-order valence-corrected chi connectivity index (χ3v) is 5.75. The van der Waals surface area contributed by atoms with E-state index in [1.165, 1.54) is 11.3 Å². The molecule has 1 atom stereocenters. The molecule has 6 nitrogen and oxygen atoms in total. The fraction of sp³-hybridized carbons (Fsp3) is 0.368. The Balaban J connectivity index is 1.59. The molecule has 0 radical (unpaired) electrons. The molecule has 1 aliphatic rings. The lowest BCUT2D eigenvalue weighted by Gasteiger charge is -2.32. The Morgan fingerprint density at radius 1 is 1.35 bits per heavy atom. The summed E-state index contributed by atoms with van der Waals surface area (Å²) >= 11 is 1.52. The van der Waals surface area contributed by atoms with Crippen molar-refractivity contribution in [1.29, 1.82) is 0 Å². The lowest BCUT2D eigenvalue weighted by molar-refractivity contribution is 0.0911. The summed E-state index contributed by atoms with van der Waals surface area (Å²) in [6.07, 6.45) is 5.52. The molecular formula is C19H21N5OS. The van der Waals surface area contributed by atoms with Crippen LogP contribution in [-0.2, 0) is 7.05 Å². The smallest absolute Gasteiger partial charge is 0.225 e. The molecule has 1 saturated heterocycles. The Morgan fingerprint density at radius 2 is 2.23 bits per heavy atom. The van der Waals surface area contributed by atoms with Gasteiger partial charge in [0.25, 0.3) is 0 Å². The maximum atomic E-state index is 12.7. The summed E-state index contributed by atoms with van der Waals surface area (Å²) in [6, 6.07) is 5.80. The van der Waals surface area contributed by atoms with Gasteiger partial charge in [0.1, 0.15) is 0 Å². The Labute approximate surface area is 156 Å². The SMILES string of the molecule is Cc1cnc(N2CCCC(C(=O)c3cccs3)C2)nc1-c1ccnn1C. The van der Waals surface area contributed by atoms with Gasteiger partial charge in [0.05, 0.1) is 16.3 Å². The third-order valence-electron chi connectivity index (χ3n) is 4.86. The largest absolute Gasteiger partial charge is 0.340 e. The molecule has 0 amide bonds. The van der Waals surface area contributed by atoms with Gasteiger partial charge in [0.2, 0.25) is 5.95 Å². The Kier molecular flexibility index (Phi) is 4.55. The average Bonchev–Trinajstić information content (AvgIpc) is 3.33. The summed E-state index contributed by atoms with van der Waals surface area (Å²) in [6.45, 7) is 3.55. The first-order valence-corrected chi connectivity index (χ1v) is 9.66. The summed E-state index contributed by atoms with van der Waals surface area (Å²) in [5, 5.41) is 6.19. The number of nitrogens with zero attached hydrogens (tertiary/aromatic N) is 5. The first-order valence-electron chi connectivity index (χ1n) is 8.78. The highest BCUT2D eigenvalue weighted by Gasteiger charge is 2.28. The topological polar surface area (TPSA) is 63.9 Å². The van der Waals surface area contributed by atoms with Crippen LogP contribution in [0.1, 0.15) is 28.1 Å². The number of carbonyl (C=O) groups is 1. The number of thiophene rings is 1. The second-order valence-electron chi connectivity index (χ2n) is 6.67. The maximum Gasteiger partial charge on any atom is 0.225 e. The van der Waals surface area contributed by atoms with Crippen molar-refractivity contribution in [3.63, 3.8) is 0 Å². The van der Waals surface area contributed by atoms with Crippen molar-refractivity contribution < 1.29 is 4.79 Å². The molecule has 1 fully saturated rings.